The highest BCUT2D eigenvalue weighted by molar-refractivity contribution is 6.30. The molecule has 0 aromatic carbocycles. The summed E-state index contributed by atoms with van der Waals surface area (Å²) in [7, 11) is 0. The van der Waals surface area contributed by atoms with E-state index in [0.717, 1.165) is 17.8 Å². The molecule has 0 aliphatic rings. The Morgan fingerprint density at radius 3 is 2.50 bits per heavy atom. The predicted octanol–water partition coefficient (Wildman–Crippen LogP) is 2.79. The van der Waals surface area contributed by atoms with Gasteiger partial charge in [0.05, 0.1) is 6.10 Å². The summed E-state index contributed by atoms with van der Waals surface area (Å²) in [5.41, 5.74) is 0.803. The fraction of sp³-hybridized carbons (Fsp3) is 0.600. The second kappa shape index (κ2) is 4.60. The summed E-state index contributed by atoms with van der Waals surface area (Å²) in [4.78, 5) is 8.41. The monoisotopic (exact) mass is 214 g/mol. The van der Waals surface area contributed by atoms with Gasteiger partial charge in [0.1, 0.15) is 11.0 Å². The molecule has 0 atom stereocenters. The first-order chi connectivity index (χ1) is 6.54. The third kappa shape index (κ3) is 2.58. The Balaban J connectivity index is 3.07. The largest absolute Gasteiger partial charge is 0.475 e. The fourth-order valence-corrected chi connectivity index (χ4v) is 1.19. The van der Waals surface area contributed by atoms with Crippen molar-refractivity contribution in [3.05, 3.63) is 16.5 Å². The van der Waals surface area contributed by atoms with Crippen molar-refractivity contribution in [1.29, 1.82) is 0 Å². The van der Waals surface area contributed by atoms with Crippen molar-refractivity contribution < 1.29 is 4.74 Å². The van der Waals surface area contributed by atoms with Crippen molar-refractivity contribution in [3.8, 4) is 5.88 Å². The molecule has 14 heavy (non-hydrogen) atoms. The molecule has 78 valence electrons. The van der Waals surface area contributed by atoms with Crippen LogP contribution in [0.25, 0.3) is 0 Å². The number of aryl methyl sites for hydroxylation is 1. The first-order valence-electron chi connectivity index (χ1n) is 4.74. The Bertz CT molecular complexity index is 326. The first kappa shape index (κ1) is 11.2. The van der Waals surface area contributed by atoms with E-state index in [4.69, 9.17) is 16.3 Å². The van der Waals surface area contributed by atoms with Crippen LogP contribution in [0, 0.1) is 6.92 Å². The van der Waals surface area contributed by atoms with Crippen molar-refractivity contribution in [2.24, 2.45) is 0 Å². The highest BCUT2D eigenvalue weighted by atomic mass is 35.5. The SMILES string of the molecule is CCc1nc(Cl)c(C)c(OC(C)C)n1. The lowest BCUT2D eigenvalue weighted by Crippen LogP contribution is -2.10. The highest BCUT2D eigenvalue weighted by Gasteiger charge is 2.10. The van der Waals surface area contributed by atoms with E-state index in [1.807, 2.05) is 27.7 Å². The van der Waals surface area contributed by atoms with Gasteiger partial charge in [-0.25, -0.2) is 4.98 Å². The molecule has 0 aliphatic heterocycles. The van der Waals surface area contributed by atoms with Gasteiger partial charge in [-0.1, -0.05) is 18.5 Å². The minimum absolute atomic E-state index is 0.101. The Labute approximate surface area is 89.5 Å². The fourth-order valence-electron chi connectivity index (χ4n) is 1.01. The highest BCUT2D eigenvalue weighted by Crippen LogP contribution is 2.22. The molecule has 1 heterocycles. The molecule has 1 aromatic rings. The van der Waals surface area contributed by atoms with Crippen LogP contribution in [0.15, 0.2) is 0 Å². The molecule has 0 aliphatic carbocycles. The van der Waals surface area contributed by atoms with E-state index in [1.165, 1.54) is 0 Å². The van der Waals surface area contributed by atoms with Crippen LogP contribution in [0.1, 0.15) is 32.2 Å². The van der Waals surface area contributed by atoms with Crippen LogP contribution in [0.3, 0.4) is 0 Å². The molecule has 4 heteroatoms. The lowest BCUT2D eigenvalue weighted by Gasteiger charge is -2.12. The van der Waals surface area contributed by atoms with E-state index < -0.39 is 0 Å². The summed E-state index contributed by atoms with van der Waals surface area (Å²) in [6.07, 6.45) is 0.860. The molecule has 1 aromatic heterocycles. The average molecular weight is 215 g/mol. The van der Waals surface area contributed by atoms with Crippen LogP contribution in [0.4, 0.5) is 0 Å². The molecule has 0 saturated heterocycles. The van der Waals surface area contributed by atoms with E-state index in [9.17, 15) is 0 Å². The van der Waals surface area contributed by atoms with E-state index in [0.29, 0.717) is 11.0 Å². The number of aromatic nitrogens is 2. The molecule has 0 radical (unpaired) electrons. The number of halogens is 1. The van der Waals surface area contributed by atoms with Gasteiger partial charge in [0.25, 0.3) is 0 Å². The molecule has 0 bridgehead atoms. The second-order valence-corrected chi connectivity index (χ2v) is 3.74. The summed E-state index contributed by atoms with van der Waals surface area (Å²) >= 11 is 5.95. The Hall–Kier alpha value is -0.830. The van der Waals surface area contributed by atoms with Gasteiger partial charge in [0, 0.05) is 12.0 Å². The summed E-state index contributed by atoms with van der Waals surface area (Å²) in [5.74, 6) is 1.31. The topological polar surface area (TPSA) is 35.0 Å². The summed E-state index contributed by atoms with van der Waals surface area (Å²) in [6, 6.07) is 0. The minimum Gasteiger partial charge on any atom is -0.475 e. The number of hydrogen-bond donors (Lipinski definition) is 0. The molecule has 0 spiro atoms. The molecule has 1 rings (SSSR count). The zero-order valence-electron chi connectivity index (χ0n) is 8.97. The standard InChI is InChI=1S/C10H15ClN2O/c1-5-8-12-9(11)7(4)10(13-8)14-6(2)3/h6H,5H2,1-4H3. The zero-order valence-corrected chi connectivity index (χ0v) is 9.72. The summed E-state index contributed by atoms with van der Waals surface area (Å²) in [5, 5.41) is 0.479. The minimum atomic E-state index is 0.101. The second-order valence-electron chi connectivity index (χ2n) is 3.38. The van der Waals surface area contributed by atoms with E-state index in [1.54, 1.807) is 0 Å². The maximum atomic E-state index is 5.95. The lowest BCUT2D eigenvalue weighted by atomic mass is 10.3. The molecule has 0 fully saturated rings. The van der Waals surface area contributed by atoms with E-state index in [2.05, 4.69) is 9.97 Å². The maximum absolute atomic E-state index is 5.95. The Morgan fingerprint density at radius 1 is 1.36 bits per heavy atom. The third-order valence-electron chi connectivity index (χ3n) is 1.75. The molecular weight excluding hydrogens is 200 g/mol. The summed E-state index contributed by atoms with van der Waals surface area (Å²) in [6.45, 7) is 7.77. The van der Waals surface area contributed by atoms with Crippen molar-refractivity contribution in [2.45, 2.75) is 40.2 Å². The van der Waals surface area contributed by atoms with Crippen LogP contribution >= 0.6 is 11.6 Å². The van der Waals surface area contributed by atoms with Gasteiger partial charge in [-0.05, 0) is 20.8 Å². The lowest BCUT2D eigenvalue weighted by molar-refractivity contribution is 0.229. The van der Waals surface area contributed by atoms with Crippen molar-refractivity contribution in [1.82, 2.24) is 9.97 Å². The smallest absolute Gasteiger partial charge is 0.221 e. The van der Waals surface area contributed by atoms with Gasteiger partial charge in [-0.15, -0.1) is 0 Å². The van der Waals surface area contributed by atoms with Crippen LogP contribution < -0.4 is 4.74 Å². The molecular formula is C10H15ClN2O. The Kier molecular flexibility index (Phi) is 3.69. The van der Waals surface area contributed by atoms with Crippen LogP contribution in [-0.2, 0) is 6.42 Å². The molecule has 3 nitrogen and oxygen atoms in total. The predicted molar refractivity (Wildman–Crippen MR) is 56.9 cm³/mol. The quantitative estimate of drug-likeness (QED) is 0.726. The number of hydrogen-bond acceptors (Lipinski definition) is 3. The van der Waals surface area contributed by atoms with Gasteiger partial charge in [0.15, 0.2) is 0 Å². The first-order valence-corrected chi connectivity index (χ1v) is 5.12. The number of rotatable bonds is 3. The van der Waals surface area contributed by atoms with Crippen LogP contribution in [0.2, 0.25) is 5.15 Å². The number of ether oxygens (including phenoxy) is 1. The van der Waals surface area contributed by atoms with Crippen LogP contribution in [-0.4, -0.2) is 16.1 Å². The molecule has 0 saturated carbocycles. The van der Waals surface area contributed by atoms with Crippen LogP contribution in [0.5, 0.6) is 5.88 Å². The normalized spacial score (nSPS) is 10.7. The van der Waals surface area contributed by atoms with Crippen molar-refractivity contribution in [3.63, 3.8) is 0 Å². The van der Waals surface area contributed by atoms with E-state index in [-0.39, 0.29) is 6.10 Å². The average Bonchev–Trinajstić information content (AvgIpc) is 2.11. The molecule has 0 N–H and O–H groups in total. The maximum Gasteiger partial charge on any atom is 0.221 e. The van der Waals surface area contributed by atoms with Gasteiger partial charge in [-0.3, -0.25) is 0 Å². The van der Waals surface area contributed by atoms with Gasteiger partial charge in [0.2, 0.25) is 5.88 Å². The van der Waals surface area contributed by atoms with Gasteiger partial charge >= 0.3 is 0 Å². The van der Waals surface area contributed by atoms with Crippen molar-refractivity contribution >= 4 is 11.6 Å². The third-order valence-corrected chi connectivity index (χ3v) is 2.12. The van der Waals surface area contributed by atoms with Gasteiger partial charge < -0.3 is 4.74 Å². The number of nitrogens with zero attached hydrogens (tertiary/aromatic N) is 2. The van der Waals surface area contributed by atoms with E-state index >= 15 is 0 Å². The molecule has 0 unspecified atom stereocenters. The Morgan fingerprint density at radius 2 is 2.00 bits per heavy atom. The summed E-state index contributed by atoms with van der Waals surface area (Å²) < 4.78 is 5.53. The zero-order chi connectivity index (χ0) is 10.7. The molecule has 0 amide bonds. The van der Waals surface area contributed by atoms with Gasteiger partial charge in [-0.2, -0.15) is 4.98 Å². The van der Waals surface area contributed by atoms with Crippen molar-refractivity contribution in [2.75, 3.05) is 0 Å².